The molecule has 0 saturated carbocycles. The minimum Gasteiger partial charge on any atom is -0.457 e. The van der Waals surface area contributed by atoms with E-state index in [1.54, 1.807) is 0 Å². The average Bonchev–Trinajstić information content (AvgIpc) is 2.25. The fraction of sp³-hybridized carbons (Fsp3) is 0.0769. The summed E-state index contributed by atoms with van der Waals surface area (Å²) in [6.45, 7) is 1.99. The molecular weight excluding hydrogens is 208 g/mol. The number of para-hydroxylation sites is 1. The van der Waals surface area contributed by atoms with Crippen molar-refractivity contribution < 1.29 is 4.74 Å². The molecule has 0 N–H and O–H groups in total. The third-order valence-corrected chi connectivity index (χ3v) is 2.36. The smallest absolute Gasteiger partial charge is 0.131 e. The van der Waals surface area contributed by atoms with Crippen LogP contribution in [0.5, 0.6) is 11.5 Å². The van der Waals surface area contributed by atoms with Crippen LogP contribution in [0.4, 0.5) is 0 Å². The summed E-state index contributed by atoms with van der Waals surface area (Å²) in [5, 5.41) is 0.687. The van der Waals surface area contributed by atoms with Crippen LogP contribution in [-0.2, 0) is 0 Å². The van der Waals surface area contributed by atoms with E-state index in [-0.39, 0.29) is 0 Å². The van der Waals surface area contributed by atoms with Crippen LogP contribution in [0.3, 0.4) is 0 Å². The van der Waals surface area contributed by atoms with Crippen molar-refractivity contribution in [2.24, 2.45) is 0 Å². The summed E-state index contributed by atoms with van der Waals surface area (Å²) in [6.07, 6.45) is 0. The molecule has 2 aromatic rings. The van der Waals surface area contributed by atoms with Gasteiger partial charge in [0, 0.05) is 5.02 Å². The third kappa shape index (κ3) is 2.51. The lowest BCUT2D eigenvalue weighted by Gasteiger charge is -2.08. The average molecular weight is 219 g/mol. The first-order valence-electron chi connectivity index (χ1n) is 4.75. The zero-order chi connectivity index (χ0) is 10.7. The standard InChI is InChI=1S/C13H11ClO/c1-10-7-8-11(14)9-13(10)15-12-5-3-2-4-6-12/h2-9H,1H3. The number of rotatable bonds is 2. The normalized spacial score (nSPS) is 10.0. The Kier molecular flexibility index (Phi) is 2.93. The van der Waals surface area contributed by atoms with Crippen molar-refractivity contribution in [3.63, 3.8) is 0 Å². The summed E-state index contributed by atoms with van der Waals surface area (Å²) in [5.74, 6) is 1.62. The van der Waals surface area contributed by atoms with E-state index >= 15 is 0 Å². The van der Waals surface area contributed by atoms with Gasteiger partial charge in [-0.25, -0.2) is 0 Å². The monoisotopic (exact) mass is 218 g/mol. The quantitative estimate of drug-likeness (QED) is 0.724. The van der Waals surface area contributed by atoms with Crippen molar-refractivity contribution in [3.8, 4) is 11.5 Å². The molecule has 0 spiro atoms. The molecular formula is C13H11ClO. The SMILES string of the molecule is Cc1ccc(Cl)cc1Oc1ccccc1. The molecule has 0 amide bonds. The third-order valence-electron chi connectivity index (χ3n) is 2.12. The molecule has 0 fully saturated rings. The van der Waals surface area contributed by atoms with Gasteiger partial charge in [-0.1, -0.05) is 35.9 Å². The van der Waals surface area contributed by atoms with Gasteiger partial charge >= 0.3 is 0 Å². The van der Waals surface area contributed by atoms with Gasteiger partial charge in [-0.05, 0) is 36.8 Å². The minimum absolute atomic E-state index is 0.687. The zero-order valence-electron chi connectivity index (χ0n) is 8.41. The van der Waals surface area contributed by atoms with Gasteiger partial charge in [0.25, 0.3) is 0 Å². The van der Waals surface area contributed by atoms with E-state index < -0.39 is 0 Å². The molecule has 2 heteroatoms. The molecule has 15 heavy (non-hydrogen) atoms. The fourth-order valence-electron chi connectivity index (χ4n) is 1.30. The summed E-state index contributed by atoms with van der Waals surface area (Å²) in [7, 11) is 0. The largest absolute Gasteiger partial charge is 0.457 e. The number of hydrogen-bond donors (Lipinski definition) is 0. The molecule has 0 atom stereocenters. The highest BCUT2D eigenvalue weighted by Crippen LogP contribution is 2.27. The molecule has 0 aliphatic heterocycles. The summed E-state index contributed by atoms with van der Waals surface area (Å²) in [4.78, 5) is 0. The minimum atomic E-state index is 0.687. The Labute approximate surface area is 94.3 Å². The van der Waals surface area contributed by atoms with E-state index in [1.807, 2.05) is 55.5 Å². The topological polar surface area (TPSA) is 9.23 Å². The van der Waals surface area contributed by atoms with Crippen LogP contribution in [0.1, 0.15) is 5.56 Å². The Morgan fingerprint density at radius 2 is 1.73 bits per heavy atom. The predicted molar refractivity (Wildman–Crippen MR) is 62.7 cm³/mol. The molecule has 0 unspecified atom stereocenters. The number of aryl methyl sites for hydroxylation is 1. The van der Waals surface area contributed by atoms with Crippen LogP contribution in [0.25, 0.3) is 0 Å². The second kappa shape index (κ2) is 4.37. The molecule has 0 saturated heterocycles. The molecule has 0 heterocycles. The van der Waals surface area contributed by atoms with Gasteiger partial charge in [-0.15, -0.1) is 0 Å². The van der Waals surface area contributed by atoms with Crippen LogP contribution >= 0.6 is 11.6 Å². The number of hydrogen-bond acceptors (Lipinski definition) is 1. The molecule has 1 nitrogen and oxygen atoms in total. The zero-order valence-corrected chi connectivity index (χ0v) is 9.16. The molecule has 2 rings (SSSR count). The Balaban J connectivity index is 2.28. The van der Waals surface area contributed by atoms with Gasteiger partial charge in [0.05, 0.1) is 0 Å². The van der Waals surface area contributed by atoms with Crippen molar-refractivity contribution in [3.05, 3.63) is 59.1 Å². The summed E-state index contributed by atoms with van der Waals surface area (Å²) < 4.78 is 5.71. The van der Waals surface area contributed by atoms with E-state index in [0.717, 1.165) is 17.1 Å². The van der Waals surface area contributed by atoms with Crippen molar-refractivity contribution in [2.45, 2.75) is 6.92 Å². The van der Waals surface area contributed by atoms with Gasteiger partial charge in [0.2, 0.25) is 0 Å². The van der Waals surface area contributed by atoms with Crippen LogP contribution in [-0.4, -0.2) is 0 Å². The fourth-order valence-corrected chi connectivity index (χ4v) is 1.46. The van der Waals surface area contributed by atoms with Gasteiger partial charge in [0.15, 0.2) is 0 Å². The van der Waals surface area contributed by atoms with Gasteiger partial charge in [0.1, 0.15) is 11.5 Å². The van der Waals surface area contributed by atoms with Gasteiger partial charge in [-0.2, -0.15) is 0 Å². The molecule has 2 aromatic carbocycles. The Morgan fingerprint density at radius 3 is 2.47 bits per heavy atom. The highest BCUT2D eigenvalue weighted by atomic mass is 35.5. The molecule has 0 aliphatic rings. The Hall–Kier alpha value is -1.47. The maximum atomic E-state index is 5.90. The van der Waals surface area contributed by atoms with Crippen molar-refractivity contribution in [2.75, 3.05) is 0 Å². The maximum absolute atomic E-state index is 5.90. The van der Waals surface area contributed by atoms with Gasteiger partial charge in [-0.3, -0.25) is 0 Å². The molecule has 76 valence electrons. The van der Waals surface area contributed by atoms with Crippen LogP contribution < -0.4 is 4.74 Å². The van der Waals surface area contributed by atoms with Crippen molar-refractivity contribution in [1.82, 2.24) is 0 Å². The van der Waals surface area contributed by atoms with Gasteiger partial charge < -0.3 is 4.74 Å². The van der Waals surface area contributed by atoms with Crippen molar-refractivity contribution >= 4 is 11.6 Å². The number of ether oxygens (including phenoxy) is 1. The predicted octanol–water partition coefficient (Wildman–Crippen LogP) is 4.44. The second-order valence-electron chi connectivity index (χ2n) is 3.32. The first-order chi connectivity index (χ1) is 7.25. The van der Waals surface area contributed by atoms with Crippen LogP contribution in [0.15, 0.2) is 48.5 Å². The van der Waals surface area contributed by atoms with Crippen LogP contribution in [0.2, 0.25) is 5.02 Å². The highest BCUT2D eigenvalue weighted by Gasteiger charge is 2.01. The Bertz CT molecular complexity index is 451. The van der Waals surface area contributed by atoms with E-state index in [0.29, 0.717) is 5.02 Å². The molecule has 0 radical (unpaired) electrons. The maximum Gasteiger partial charge on any atom is 0.131 e. The van der Waals surface area contributed by atoms with E-state index in [4.69, 9.17) is 16.3 Å². The first-order valence-corrected chi connectivity index (χ1v) is 5.12. The van der Waals surface area contributed by atoms with E-state index in [9.17, 15) is 0 Å². The lowest BCUT2D eigenvalue weighted by atomic mass is 10.2. The second-order valence-corrected chi connectivity index (χ2v) is 3.76. The molecule has 0 aliphatic carbocycles. The number of halogens is 1. The Morgan fingerprint density at radius 1 is 1.00 bits per heavy atom. The highest BCUT2D eigenvalue weighted by molar-refractivity contribution is 6.30. The lowest BCUT2D eigenvalue weighted by Crippen LogP contribution is -1.86. The van der Waals surface area contributed by atoms with Crippen LogP contribution in [0, 0.1) is 6.92 Å². The summed E-state index contributed by atoms with van der Waals surface area (Å²) in [6, 6.07) is 15.3. The van der Waals surface area contributed by atoms with E-state index in [1.165, 1.54) is 0 Å². The summed E-state index contributed by atoms with van der Waals surface area (Å²) >= 11 is 5.90. The summed E-state index contributed by atoms with van der Waals surface area (Å²) in [5.41, 5.74) is 1.07. The first kappa shape index (κ1) is 10.1. The molecule has 0 aromatic heterocycles. The number of benzene rings is 2. The van der Waals surface area contributed by atoms with E-state index in [2.05, 4.69) is 0 Å². The van der Waals surface area contributed by atoms with Crippen molar-refractivity contribution in [1.29, 1.82) is 0 Å². The molecule has 0 bridgehead atoms. The lowest BCUT2D eigenvalue weighted by molar-refractivity contribution is 0.479.